The number of nitrogens with zero attached hydrogens (tertiary/aromatic N) is 3. The van der Waals surface area contributed by atoms with E-state index in [2.05, 4.69) is 30.7 Å². The van der Waals surface area contributed by atoms with E-state index in [1.54, 1.807) is 17.7 Å². The van der Waals surface area contributed by atoms with Crippen molar-refractivity contribution in [2.24, 2.45) is 0 Å². The Morgan fingerprint density at radius 1 is 1.50 bits per heavy atom. The van der Waals surface area contributed by atoms with Gasteiger partial charge in [-0.15, -0.1) is 11.3 Å². The molecule has 124 valence electrons. The van der Waals surface area contributed by atoms with E-state index in [9.17, 15) is 4.79 Å². The fraction of sp³-hybridized carbons (Fsp3) is 0.333. The molecule has 0 fully saturated rings. The average molecular weight is 344 g/mol. The molecule has 1 aliphatic heterocycles. The number of aromatic amines is 1. The van der Waals surface area contributed by atoms with Crippen LogP contribution in [-0.2, 0) is 24.2 Å². The van der Waals surface area contributed by atoms with Crippen LogP contribution in [0.3, 0.4) is 0 Å². The van der Waals surface area contributed by atoms with Crippen molar-refractivity contribution < 1.29 is 9.32 Å². The van der Waals surface area contributed by atoms with Crippen molar-refractivity contribution in [3.05, 3.63) is 51.8 Å². The summed E-state index contributed by atoms with van der Waals surface area (Å²) in [6, 6.07) is 3.56. The molecular formula is C15H16N6O2S. The van der Waals surface area contributed by atoms with Crippen LogP contribution in [0.5, 0.6) is 0 Å². The SMILES string of the molecule is O=C(NCc1noc(Cc2cccs2)n1)[C@H]1NCCc2[nH]cnc21. The third kappa shape index (κ3) is 3.08. The monoisotopic (exact) mass is 344 g/mol. The van der Waals surface area contributed by atoms with Gasteiger partial charge in [0.1, 0.15) is 6.04 Å². The first-order chi connectivity index (χ1) is 11.8. The van der Waals surface area contributed by atoms with E-state index in [0.29, 0.717) is 18.1 Å². The Kier molecular flexibility index (Phi) is 4.09. The van der Waals surface area contributed by atoms with Gasteiger partial charge in [-0.25, -0.2) is 4.98 Å². The molecule has 3 aromatic heterocycles. The van der Waals surface area contributed by atoms with Gasteiger partial charge in [0.2, 0.25) is 11.8 Å². The van der Waals surface area contributed by atoms with Crippen molar-refractivity contribution in [1.82, 2.24) is 30.7 Å². The molecule has 9 heteroatoms. The van der Waals surface area contributed by atoms with Crippen LogP contribution in [-0.4, -0.2) is 32.6 Å². The molecule has 0 unspecified atom stereocenters. The first-order valence-electron chi connectivity index (χ1n) is 7.66. The summed E-state index contributed by atoms with van der Waals surface area (Å²) in [5, 5.41) is 11.9. The minimum Gasteiger partial charge on any atom is -0.348 e. The highest BCUT2D eigenvalue weighted by Crippen LogP contribution is 2.19. The Hall–Kier alpha value is -2.52. The number of carbonyl (C=O) groups is 1. The number of aromatic nitrogens is 4. The maximum Gasteiger partial charge on any atom is 0.243 e. The minimum atomic E-state index is -0.447. The molecular weight excluding hydrogens is 328 g/mol. The second-order valence-corrected chi connectivity index (χ2v) is 6.51. The molecule has 8 nitrogen and oxygen atoms in total. The van der Waals surface area contributed by atoms with Crippen molar-refractivity contribution in [3.63, 3.8) is 0 Å². The molecule has 24 heavy (non-hydrogen) atoms. The predicted octanol–water partition coefficient (Wildman–Crippen LogP) is 0.948. The molecule has 4 rings (SSSR count). The van der Waals surface area contributed by atoms with Gasteiger partial charge in [0.15, 0.2) is 5.82 Å². The van der Waals surface area contributed by atoms with Crippen LogP contribution in [0.15, 0.2) is 28.4 Å². The lowest BCUT2D eigenvalue weighted by molar-refractivity contribution is -0.123. The minimum absolute atomic E-state index is 0.146. The predicted molar refractivity (Wildman–Crippen MR) is 86.3 cm³/mol. The summed E-state index contributed by atoms with van der Waals surface area (Å²) in [7, 11) is 0. The van der Waals surface area contributed by atoms with Crippen molar-refractivity contribution in [2.75, 3.05) is 6.54 Å². The van der Waals surface area contributed by atoms with Gasteiger partial charge < -0.3 is 20.1 Å². The van der Waals surface area contributed by atoms with Gasteiger partial charge in [0.05, 0.1) is 25.0 Å². The number of thiophene rings is 1. The molecule has 0 bridgehead atoms. The van der Waals surface area contributed by atoms with E-state index in [0.717, 1.165) is 29.2 Å². The molecule has 0 spiro atoms. The highest BCUT2D eigenvalue weighted by Gasteiger charge is 2.28. The van der Waals surface area contributed by atoms with Crippen LogP contribution in [0.1, 0.15) is 34.0 Å². The summed E-state index contributed by atoms with van der Waals surface area (Å²) in [6.45, 7) is 0.963. The van der Waals surface area contributed by atoms with Crippen LogP contribution in [0, 0.1) is 0 Å². The molecule has 0 aliphatic carbocycles. The summed E-state index contributed by atoms with van der Waals surface area (Å²) in [5.41, 5.74) is 1.76. The van der Waals surface area contributed by atoms with Crippen molar-refractivity contribution in [3.8, 4) is 0 Å². The zero-order valence-electron chi connectivity index (χ0n) is 12.8. The number of H-pyrrole nitrogens is 1. The Balaban J connectivity index is 1.36. The molecule has 1 atom stereocenters. The molecule has 3 N–H and O–H groups in total. The maximum atomic E-state index is 12.4. The lowest BCUT2D eigenvalue weighted by Gasteiger charge is -2.21. The highest BCUT2D eigenvalue weighted by atomic mass is 32.1. The topological polar surface area (TPSA) is 109 Å². The zero-order valence-corrected chi connectivity index (χ0v) is 13.6. The van der Waals surface area contributed by atoms with Crippen LogP contribution in [0.2, 0.25) is 0 Å². The molecule has 0 aromatic carbocycles. The molecule has 4 heterocycles. The number of rotatable bonds is 5. The van der Waals surface area contributed by atoms with Gasteiger partial charge in [-0.05, 0) is 11.4 Å². The van der Waals surface area contributed by atoms with Gasteiger partial charge in [-0.3, -0.25) is 4.79 Å². The lowest BCUT2D eigenvalue weighted by atomic mass is 10.1. The Morgan fingerprint density at radius 3 is 3.33 bits per heavy atom. The summed E-state index contributed by atoms with van der Waals surface area (Å²) in [6.07, 6.45) is 3.07. The fourth-order valence-electron chi connectivity index (χ4n) is 2.70. The molecule has 3 aromatic rings. The number of fused-ring (bicyclic) bond motifs is 1. The standard InChI is InChI=1S/C15H16N6O2S/c22-15(14-13-10(3-4-16-14)18-8-19-13)17-7-11-20-12(23-21-11)6-9-2-1-5-24-9/h1-2,5,8,14,16H,3-4,6-7H2,(H,17,22)(H,18,19)/t14-/m0/s1. The van der Waals surface area contributed by atoms with E-state index in [4.69, 9.17) is 4.52 Å². The maximum absolute atomic E-state index is 12.4. The van der Waals surface area contributed by atoms with Gasteiger partial charge in [-0.1, -0.05) is 11.2 Å². The van der Waals surface area contributed by atoms with Gasteiger partial charge >= 0.3 is 0 Å². The van der Waals surface area contributed by atoms with Crippen molar-refractivity contribution in [2.45, 2.75) is 25.4 Å². The van der Waals surface area contributed by atoms with Crippen LogP contribution in [0.25, 0.3) is 0 Å². The summed E-state index contributed by atoms with van der Waals surface area (Å²) < 4.78 is 5.22. The van der Waals surface area contributed by atoms with E-state index < -0.39 is 6.04 Å². The first-order valence-corrected chi connectivity index (χ1v) is 8.54. The number of carbonyl (C=O) groups excluding carboxylic acids is 1. The van der Waals surface area contributed by atoms with Gasteiger partial charge in [0, 0.05) is 23.5 Å². The van der Waals surface area contributed by atoms with Gasteiger partial charge in [-0.2, -0.15) is 4.98 Å². The summed E-state index contributed by atoms with van der Waals surface area (Å²) in [5.74, 6) is 0.868. The Bertz CT molecular complexity index is 825. The summed E-state index contributed by atoms with van der Waals surface area (Å²) >= 11 is 1.64. The summed E-state index contributed by atoms with van der Waals surface area (Å²) in [4.78, 5) is 25.2. The average Bonchev–Trinajstić information content (AvgIpc) is 3.34. The van der Waals surface area contributed by atoms with Crippen LogP contribution >= 0.6 is 11.3 Å². The molecule has 0 radical (unpaired) electrons. The molecule has 1 aliphatic rings. The van der Waals surface area contributed by atoms with E-state index in [1.165, 1.54) is 0 Å². The number of amides is 1. The molecule has 1 amide bonds. The number of imidazole rings is 1. The smallest absolute Gasteiger partial charge is 0.243 e. The highest BCUT2D eigenvalue weighted by molar-refractivity contribution is 7.09. The van der Waals surface area contributed by atoms with Crippen LogP contribution < -0.4 is 10.6 Å². The Labute approximate surface area is 141 Å². The lowest BCUT2D eigenvalue weighted by Crippen LogP contribution is -2.41. The fourth-order valence-corrected chi connectivity index (χ4v) is 3.40. The quantitative estimate of drug-likeness (QED) is 0.636. The van der Waals surface area contributed by atoms with E-state index in [-0.39, 0.29) is 12.5 Å². The first kappa shape index (κ1) is 15.0. The van der Waals surface area contributed by atoms with Crippen molar-refractivity contribution in [1.29, 1.82) is 0 Å². The van der Waals surface area contributed by atoms with Crippen molar-refractivity contribution >= 4 is 17.2 Å². The zero-order chi connectivity index (χ0) is 16.4. The largest absolute Gasteiger partial charge is 0.348 e. The van der Waals surface area contributed by atoms with Gasteiger partial charge in [0.25, 0.3) is 0 Å². The second kappa shape index (κ2) is 6.54. The van der Waals surface area contributed by atoms with E-state index in [1.807, 2.05) is 17.5 Å². The van der Waals surface area contributed by atoms with Crippen LogP contribution in [0.4, 0.5) is 0 Å². The number of hydrogen-bond donors (Lipinski definition) is 3. The third-order valence-corrected chi connectivity index (χ3v) is 4.72. The number of hydrogen-bond acceptors (Lipinski definition) is 7. The van der Waals surface area contributed by atoms with E-state index >= 15 is 0 Å². The molecule has 0 saturated carbocycles. The second-order valence-electron chi connectivity index (χ2n) is 5.48. The Morgan fingerprint density at radius 2 is 2.46 bits per heavy atom. The number of nitrogens with one attached hydrogen (secondary N) is 3. The normalized spacial score (nSPS) is 16.8. The molecule has 0 saturated heterocycles. The third-order valence-electron chi connectivity index (χ3n) is 3.85.